The standard InChI is InChI=1S/C42H23NOS/c1-2-9-27-26(8-1)28-10-3-5-13-34(28)43-35-19-16-24(25-17-20-37-33(23-25)29-11-4-6-14-36(29)44-37)22-32(35)31-18-21-39-41(42(31)43)40-30(27)12-7-15-38(40)45-39/h1-23H. The first-order valence-electron chi connectivity index (χ1n) is 15.4. The quantitative estimate of drug-likeness (QED) is 0.186. The first-order chi connectivity index (χ1) is 22.3. The van der Waals surface area contributed by atoms with Gasteiger partial charge in [0.15, 0.2) is 0 Å². The number of rotatable bonds is 1. The number of fused-ring (bicyclic) bond motifs is 11. The van der Waals surface area contributed by atoms with Crippen LogP contribution >= 0.6 is 11.3 Å². The Bertz CT molecular complexity index is 3030. The van der Waals surface area contributed by atoms with Gasteiger partial charge in [0.1, 0.15) is 11.2 Å². The molecule has 0 aliphatic carbocycles. The van der Waals surface area contributed by atoms with Crippen LogP contribution in [0.1, 0.15) is 0 Å². The molecule has 3 heteroatoms. The van der Waals surface area contributed by atoms with Crippen molar-refractivity contribution < 1.29 is 4.42 Å². The lowest BCUT2D eigenvalue weighted by Crippen LogP contribution is -1.86. The van der Waals surface area contributed by atoms with Crippen molar-refractivity contribution in [3.8, 4) is 11.1 Å². The summed E-state index contributed by atoms with van der Waals surface area (Å²) in [7, 11) is 0. The second kappa shape index (κ2) is 8.50. The van der Waals surface area contributed by atoms with Crippen molar-refractivity contribution in [2.45, 2.75) is 0 Å². The van der Waals surface area contributed by atoms with E-state index in [9.17, 15) is 0 Å². The van der Waals surface area contributed by atoms with Crippen molar-refractivity contribution in [3.05, 3.63) is 140 Å². The van der Waals surface area contributed by atoms with Gasteiger partial charge in [-0.1, -0.05) is 91.0 Å². The number of nitrogens with zero attached hydrogens (tertiary/aromatic N) is 1. The van der Waals surface area contributed by atoms with Crippen molar-refractivity contribution in [3.63, 3.8) is 0 Å². The fourth-order valence-corrected chi connectivity index (χ4v) is 8.95. The van der Waals surface area contributed by atoms with Crippen LogP contribution < -0.4 is 0 Å². The van der Waals surface area contributed by atoms with Crippen molar-refractivity contribution in [2.24, 2.45) is 0 Å². The molecule has 7 aromatic carbocycles. The maximum atomic E-state index is 6.14. The molecule has 11 aromatic rings. The minimum absolute atomic E-state index is 0.923. The molecule has 11 rings (SSSR count). The molecule has 0 amide bonds. The zero-order valence-corrected chi connectivity index (χ0v) is 24.9. The smallest absolute Gasteiger partial charge is 0.135 e. The van der Waals surface area contributed by atoms with E-state index in [2.05, 4.69) is 132 Å². The van der Waals surface area contributed by atoms with E-state index >= 15 is 0 Å². The van der Waals surface area contributed by atoms with Gasteiger partial charge in [0.2, 0.25) is 0 Å². The van der Waals surface area contributed by atoms with E-state index in [1.165, 1.54) is 80.2 Å². The normalized spacial score (nSPS) is 12.4. The van der Waals surface area contributed by atoms with E-state index in [0.29, 0.717) is 0 Å². The molecule has 0 aliphatic rings. The molecule has 0 fully saturated rings. The summed E-state index contributed by atoms with van der Waals surface area (Å²) in [6.45, 7) is 0. The maximum Gasteiger partial charge on any atom is 0.135 e. The highest BCUT2D eigenvalue weighted by atomic mass is 32.1. The molecule has 45 heavy (non-hydrogen) atoms. The zero-order valence-electron chi connectivity index (χ0n) is 24.0. The summed E-state index contributed by atoms with van der Waals surface area (Å²) in [5, 5.41) is 12.6. The average molecular weight is 590 g/mol. The van der Waals surface area contributed by atoms with Crippen molar-refractivity contribution in [2.75, 3.05) is 0 Å². The van der Waals surface area contributed by atoms with Crippen LogP contribution in [0.25, 0.3) is 102 Å². The fraction of sp³-hybridized carbons (Fsp3) is 0. The van der Waals surface area contributed by atoms with Gasteiger partial charge >= 0.3 is 0 Å². The Hall–Kier alpha value is -5.64. The van der Waals surface area contributed by atoms with E-state index in [1.807, 2.05) is 23.5 Å². The third-order valence-electron chi connectivity index (χ3n) is 9.75. The van der Waals surface area contributed by atoms with Gasteiger partial charge in [-0.05, 0) is 75.8 Å². The van der Waals surface area contributed by atoms with Crippen LogP contribution in [0.5, 0.6) is 0 Å². The lowest BCUT2D eigenvalue weighted by molar-refractivity contribution is 0.669. The maximum absolute atomic E-state index is 6.14. The Morgan fingerprint density at radius 2 is 1.04 bits per heavy atom. The molecule has 2 nitrogen and oxygen atoms in total. The van der Waals surface area contributed by atoms with Crippen molar-refractivity contribution in [1.29, 1.82) is 0 Å². The summed E-state index contributed by atoms with van der Waals surface area (Å²) in [5.41, 5.74) is 7.97. The van der Waals surface area contributed by atoms with Gasteiger partial charge in [-0.2, -0.15) is 0 Å². The first-order valence-corrected chi connectivity index (χ1v) is 16.2. The third-order valence-corrected chi connectivity index (χ3v) is 10.9. The highest BCUT2D eigenvalue weighted by molar-refractivity contribution is 7.26. The van der Waals surface area contributed by atoms with Gasteiger partial charge in [-0.15, -0.1) is 11.3 Å². The van der Waals surface area contributed by atoms with Crippen LogP contribution in [0.3, 0.4) is 0 Å². The molecule has 0 unspecified atom stereocenters. The number of thiophene rings is 1. The largest absolute Gasteiger partial charge is 0.456 e. The highest BCUT2D eigenvalue weighted by Crippen LogP contribution is 2.46. The van der Waals surface area contributed by atoms with Crippen LogP contribution in [-0.4, -0.2) is 4.40 Å². The van der Waals surface area contributed by atoms with Gasteiger partial charge in [-0.3, -0.25) is 0 Å². The van der Waals surface area contributed by atoms with Crippen molar-refractivity contribution >= 4 is 102 Å². The fourth-order valence-electron chi connectivity index (χ4n) is 7.82. The Labute approximate surface area is 260 Å². The van der Waals surface area contributed by atoms with Gasteiger partial charge < -0.3 is 8.82 Å². The summed E-state index contributed by atoms with van der Waals surface area (Å²) in [6, 6.07) is 51.2. The Morgan fingerprint density at radius 3 is 1.93 bits per heavy atom. The number of para-hydroxylation sites is 2. The molecule has 0 atom stereocenters. The molecule has 0 radical (unpaired) electrons. The summed E-state index contributed by atoms with van der Waals surface area (Å²) >= 11 is 1.90. The SMILES string of the molecule is c1ccc2c(c1)oc1ccc(-c3ccc4c(c3)c3ccc5sc6cccc7c8ccccc8c8ccccc8n4c3c5c67)cc12. The molecular weight excluding hydrogens is 567 g/mol. The minimum Gasteiger partial charge on any atom is -0.456 e. The van der Waals surface area contributed by atoms with E-state index in [4.69, 9.17) is 4.42 Å². The van der Waals surface area contributed by atoms with Crippen molar-refractivity contribution in [1.82, 2.24) is 4.40 Å². The van der Waals surface area contributed by atoms with Gasteiger partial charge in [0.05, 0.1) is 16.6 Å². The van der Waals surface area contributed by atoms with E-state index in [-0.39, 0.29) is 0 Å². The van der Waals surface area contributed by atoms with Crippen LogP contribution in [0.4, 0.5) is 0 Å². The number of hydrogen-bond acceptors (Lipinski definition) is 2. The number of furan rings is 1. The molecule has 4 aromatic heterocycles. The van der Waals surface area contributed by atoms with Crippen LogP contribution in [-0.2, 0) is 0 Å². The van der Waals surface area contributed by atoms with E-state index < -0.39 is 0 Å². The Balaban J connectivity index is 1.35. The molecule has 0 spiro atoms. The third kappa shape index (κ3) is 3.08. The molecule has 0 saturated heterocycles. The lowest BCUT2D eigenvalue weighted by atomic mass is 9.99. The first kappa shape index (κ1) is 23.8. The Morgan fingerprint density at radius 1 is 0.400 bits per heavy atom. The Kier molecular flexibility index (Phi) is 4.49. The van der Waals surface area contributed by atoms with Crippen LogP contribution in [0.15, 0.2) is 144 Å². The molecule has 0 N–H and O–H groups in total. The number of benzene rings is 7. The van der Waals surface area contributed by atoms with Crippen LogP contribution in [0.2, 0.25) is 0 Å². The lowest BCUT2D eigenvalue weighted by Gasteiger charge is -2.06. The monoisotopic (exact) mass is 589 g/mol. The summed E-state index contributed by atoms with van der Waals surface area (Å²) < 4.78 is 11.3. The number of aromatic nitrogens is 1. The average Bonchev–Trinajstić information content (AvgIpc) is 3.77. The molecule has 208 valence electrons. The molecular formula is C42H23NOS. The number of hydrogen-bond donors (Lipinski definition) is 0. The minimum atomic E-state index is 0.923. The van der Waals surface area contributed by atoms with Gasteiger partial charge in [0.25, 0.3) is 0 Å². The molecule has 4 heterocycles. The van der Waals surface area contributed by atoms with E-state index in [1.54, 1.807) is 0 Å². The second-order valence-electron chi connectivity index (χ2n) is 12.1. The predicted octanol–water partition coefficient (Wildman–Crippen LogP) is 12.5. The van der Waals surface area contributed by atoms with Gasteiger partial charge in [0, 0.05) is 47.1 Å². The van der Waals surface area contributed by atoms with E-state index in [0.717, 1.165) is 21.9 Å². The summed E-state index contributed by atoms with van der Waals surface area (Å²) in [5.74, 6) is 0. The molecule has 0 bridgehead atoms. The van der Waals surface area contributed by atoms with Crippen LogP contribution in [0, 0.1) is 0 Å². The zero-order chi connectivity index (χ0) is 29.2. The predicted molar refractivity (Wildman–Crippen MR) is 193 cm³/mol. The summed E-state index contributed by atoms with van der Waals surface area (Å²) in [4.78, 5) is 0. The van der Waals surface area contributed by atoms with Gasteiger partial charge in [-0.25, -0.2) is 0 Å². The molecule has 0 saturated carbocycles. The highest BCUT2D eigenvalue weighted by Gasteiger charge is 2.20. The second-order valence-corrected chi connectivity index (χ2v) is 13.1. The molecule has 0 aliphatic heterocycles. The summed E-state index contributed by atoms with van der Waals surface area (Å²) in [6.07, 6.45) is 0. The topological polar surface area (TPSA) is 17.6 Å².